The smallest absolute Gasteiger partial charge is 0.137 e. The molecule has 0 radical (unpaired) electrons. The molecule has 0 aliphatic rings. The third-order valence-corrected chi connectivity index (χ3v) is 6.09. The molecule has 0 fully saturated rings. The summed E-state index contributed by atoms with van der Waals surface area (Å²) in [6.07, 6.45) is 21.6. The molecule has 272 valence electrons. The minimum atomic E-state index is 0. The van der Waals surface area contributed by atoms with Crippen molar-refractivity contribution in [2.24, 2.45) is 0 Å². The maximum Gasteiger partial charge on any atom is 0.137 e. The second-order valence-electron chi connectivity index (χ2n) is 12.2. The molecule has 49 heavy (non-hydrogen) atoms. The molecule has 14 nitrogen and oxygen atoms in total. The van der Waals surface area contributed by atoms with E-state index in [9.17, 15) is 0 Å². The topological polar surface area (TPSA) is 133 Å². The lowest BCUT2D eigenvalue weighted by Gasteiger charge is -2.03. The van der Waals surface area contributed by atoms with Gasteiger partial charge in [0.2, 0.25) is 0 Å². The third-order valence-electron chi connectivity index (χ3n) is 6.09. The molecule has 6 aromatic rings. The van der Waals surface area contributed by atoms with E-state index in [0.29, 0.717) is 36.3 Å². The van der Waals surface area contributed by atoms with E-state index in [-0.39, 0.29) is 7.43 Å². The van der Waals surface area contributed by atoms with E-state index in [1.807, 2.05) is 73.7 Å². The molecule has 0 amide bonds. The summed E-state index contributed by atoms with van der Waals surface area (Å²) in [5.41, 5.74) is 0. The van der Waals surface area contributed by atoms with Crippen molar-refractivity contribution in [1.29, 1.82) is 0 Å². The Labute approximate surface area is 294 Å². The molecular formula is C35H62N14. The number of hydrogen-bond acceptors (Lipinski definition) is 8. The highest BCUT2D eigenvalue weighted by Gasteiger charge is 1.95. The first-order valence-electron chi connectivity index (χ1n) is 16.5. The Morgan fingerprint density at radius 2 is 0.755 bits per heavy atom. The first-order chi connectivity index (χ1) is 22.8. The number of rotatable bonds is 6. The largest absolute Gasteiger partial charge is 0.352 e. The molecule has 0 N–H and O–H groups in total. The van der Waals surface area contributed by atoms with Gasteiger partial charge in [0, 0.05) is 61.3 Å². The summed E-state index contributed by atoms with van der Waals surface area (Å²) in [6.45, 7) is 25.0. The Hall–Kier alpha value is -4.88. The van der Waals surface area contributed by atoms with Crippen molar-refractivity contribution in [3.63, 3.8) is 0 Å². The molecular weight excluding hydrogens is 616 g/mol. The highest BCUT2D eigenvalue weighted by atomic mass is 15.5. The molecule has 0 saturated heterocycles. The molecule has 6 aromatic heterocycles. The summed E-state index contributed by atoms with van der Waals surface area (Å²) in [4.78, 5) is 7.13. The average Bonchev–Trinajstić information content (AvgIpc) is 3.91. The van der Waals surface area contributed by atoms with Crippen LogP contribution in [0, 0.1) is 0 Å². The highest BCUT2D eigenvalue weighted by molar-refractivity contribution is 4.91. The van der Waals surface area contributed by atoms with Crippen molar-refractivity contribution in [2.75, 3.05) is 0 Å². The van der Waals surface area contributed by atoms with Crippen LogP contribution < -0.4 is 0 Å². The van der Waals surface area contributed by atoms with E-state index in [0.717, 1.165) is 0 Å². The zero-order valence-electron chi connectivity index (χ0n) is 31.0. The van der Waals surface area contributed by atoms with Gasteiger partial charge in [0.25, 0.3) is 0 Å². The fourth-order valence-electron chi connectivity index (χ4n) is 3.33. The fraction of sp³-hybridized carbons (Fsp3) is 0.543. The van der Waals surface area contributed by atoms with Crippen LogP contribution in [0.15, 0.2) is 98.9 Å². The summed E-state index contributed by atoms with van der Waals surface area (Å²) in [5, 5.41) is 27.7. The van der Waals surface area contributed by atoms with Gasteiger partial charge in [-0.25, -0.2) is 4.98 Å². The molecule has 0 atom stereocenters. The Morgan fingerprint density at radius 3 is 0.918 bits per heavy atom. The zero-order valence-corrected chi connectivity index (χ0v) is 31.0. The van der Waals surface area contributed by atoms with Crippen molar-refractivity contribution in [3.05, 3.63) is 98.9 Å². The van der Waals surface area contributed by atoms with E-state index >= 15 is 0 Å². The van der Waals surface area contributed by atoms with Crippen LogP contribution in [-0.4, -0.2) is 68.9 Å². The maximum absolute atomic E-state index is 4.03. The second-order valence-corrected chi connectivity index (χ2v) is 12.2. The van der Waals surface area contributed by atoms with E-state index in [1.165, 1.54) is 0 Å². The third kappa shape index (κ3) is 19.5. The lowest BCUT2D eigenvalue weighted by Crippen LogP contribution is -2.03. The van der Waals surface area contributed by atoms with E-state index < -0.39 is 0 Å². The van der Waals surface area contributed by atoms with Crippen molar-refractivity contribution in [1.82, 2.24) is 68.9 Å². The number of nitrogens with zero attached hydrogens (tertiary/aromatic N) is 14. The Kier molecular flexibility index (Phi) is 22.7. The van der Waals surface area contributed by atoms with Gasteiger partial charge in [-0.2, -0.15) is 45.3 Å². The van der Waals surface area contributed by atoms with Gasteiger partial charge in [-0.05, 0) is 107 Å². The van der Waals surface area contributed by atoms with Crippen molar-refractivity contribution in [2.45, 2.75) is 127 Å². The van der Waals surface area contributed by atoms with Crippen LogP contribution in [0.25, 0.3) is 0 Å². The molecule has 0 aliphatic heterocycles. The predicted octanol–water partition coefficient (Wildman–Crippen LogP) is 8.21. The van der Waals surface area contributed by atoms with Crippen molar-refractivity contribution >= 4 is 0 Å². The van der Waals surface area contributed by atoms with Gasteiger partial charge in [0.1, 0.15) is 12.7 Å². The van der Waals surface area contributed by atoms with Crippen LogP contribution in [-0.2, 0) is 0 Å². The highest BCUT2D eigenvalue weighted by Crippen LogP contribution is 2.02. The monoisotopic (exact) mass is 679 g/mol. The predicted molar refractivity (Wildman–Crippen MR) is 198 cm³/mol. The minimum Gasteiger partial charge on any atom is -0.352 e. The lowest BCUT2D eigenvalue weighted by molar-refractivity contribution is 0.466. The molecule has 14 heteroatoms. The molecule has 0 bridgehead atoms. The normalized spacial score (nSPS) is 10.2. The van der Waals surface area contributed by atoms with Crippen LogP contribution in [0.1, 0.15) is 127 Å². The minimum absolute atomic E-state index is 0. The van der Waals surface area contributed by atoms with Gasteiger partial charge in [-0.15, -0.1) is 0 Å². The van der Waals surface area contributed by atoms with Crippen LogP contribution in [0.2, 0.25) is 0 Å². The van der Waals surface area contributed by atoms with Gasteiger partial charge in [0.15, 0.2) is 0 Å². The molecule has 0 unspecified atom stereocenters. The van der Waals surface area contributed by atoms with E-state index in [2.05, 4.69) is 113 Å². The fourth-order valence-corrected chi connectivity index (χ4v) is 3.33. The molecule has 6 heterocycles. The van der Waals surface area contributed by atoms with E-state index in [1.54, 1.807) is 64.1 Å². The van der Waals surface area contributed by atoms with Gasteiger partial charge in [-0.1, -0.05) is 7.43 Å². The van der Waals surface area contributed by atoms with Crippen molar-refractivity contribution in [3.8, 4) is 0 Å². The summed E-state index contributed by atoms with van der Waals surface area (Å²) in [7, 11) is 0. The molecule has 0 saturated carbocycles. The number of aromatic nitrogens is 14. The van der Waals surface area contributed by atoms with Crippen LogP contribution in [0.3, 0.4) is 0 Å². The van der Waals surface area contributed by atoms with E-state index in [4.69, 9.17) is 0 Å². The summed E-state index contributed by atoms with van der Waals surface area (Å²) < 4.78 is 7.81. The first-order valence-corrected chi connectivity index (χ1v) is 16.5. The van der Waals surface area contributed by atoms with Gasteiger partial charge in [0.05, 0.1) is 36.9 Å². The molecule has 0 spiro atoms. The Balaban J connectivity index is 0.000000562. The average molecular weight is 679 g/mol. The summed E-state index contributed by atoms with van der Waals surface area (Å²) in [6, 6.07) is 10.7. The van der Waals surface area contributed by atoms with Crippen LogP contribution in [0.5, 0.6) is 0 Å². The molecule has 0 aromatic carbocycles. The first kappa shape index (κ1) is 44.1. The van der Waals surface area contributed by atoms with Gasteiger partial charge >= 0.3 is 0 Å². The summed E-state index contributed by atoms with van der Waals surface area (Å²) in [5.74, 6) is 0. The Morgan fingerprint density at radius 1 is 0.367 bits per heavy atom. The van der Waals surface area contributed by atoms with Gasteiger partial charge < -0.3 is 4.57 Å². The molecule has 6 rings (SSSR count). The number of hydrogen-bond donors (Lipinski definition) is 0. The van der Waals surface area contributed by atoms with Crippen molar-refractivity contribution < 1.29 is 0 Å². The Bertz CT molecular complexity index is 1150. The summed E-state index contributed by atoms with van der Waals surface area (Å²) >= 11 is 0. The van der Waals surface area contributed by atoms with Crippen LogP contribution >= 0.6 is 0 Å². The molecule has 0 aliphatic carbocycles. The second kappa shape index (κ2) is 25.2. The maximum atomic E-state index is 4.03. The SMILES string of the molecule is C.CC(C)n1cccc1.CC(C)n1cccn1.CC(C)n1cccn1.CC(C)n1cncn1.CC(C)n1nccn1.CC(C)n1nccn1. The lowest BCUT2D eigenvalue weighted by atomic mass is 10.4. The van der Waals surface area contributed by atoms with Gasteiger partial charge in [-0.3, -0.25) is 14.0 Å². The van der Waals surface area contributed by atoms with Crippen LogP contribution in [0.4, 0.5) is 0 Å². The standard InChI is InChI=1S/C7H11N.2C6H10N2.3C5H9N3.CH4/c1-7(2)8-5-3-4-6-8;2*1-6(2)8-5-3-4-7-8;1-5(2)8-4-6-3-7-8;2*1-5(2)8-6-3-4-7-8;/h3-7H,1-2H3;2*3-6H,1-2H3;3*3-5H,1-2H3;1H4. The zero-order chi connectivity index (χ0) is 35.9. The quantitative estimate of drug-likeness (QED) is 0.172.